The number of aromatic amines is 1. The van der Waals surface area contributed by atoms with Crippen molar-refractivity contribution in [2.75, 3.05) is 5.01 Å². The van der Waals surface area contributed by atoms with Crippen LogP contribution >= 0.6 is 0 Å². The lowest BCUT2D eigenvalue weighted by atomic mass is 9.99. The second-order valence-electron chi connectivity index (χ2n) is 8.19. The highest BCUT2D eigenvalue weighted by Gasteiger charge is 2.34. The minimum atomic E-state index is -1.28. The summed E-state index contributed by atoms with van der Waals surface area (Å²) in [6.07, 6.45) is 1.62. The molecule has 0 unspecified atom stereocenters. The summed E-state index contributed by atoms with van der Waals surface area (Å²) in [7, 11) is 0. The Kier molecular flexibility index (Phi) is 7.68. The summed E-state index contributed by atoms with van der Waals surface area (Å²) in [5.74, 6) is -1.72. The Bertz CT molecular complexity index is 1140. The van der Waals surface area contributed by atoms with Gasteiger partial charge in [-0.25, -0.2) is 15.3 Å². The minimum Gasteiger partial charge on any atom is -0.492 e. The fourth-order valence-electron chi connectivity index (χ4n) is 3.56. The molecule has 1 aromatic heterocycles. The van der Waals surface area contributed by atoms with Crippen molar-refractivity contribution >= 4 is 11.8 Å². The maximum atomic E-state index is 13.1. The van der Waals surface area contributed by atoms with E-state index in [4.69, 9.17) is 0 Å². The summed E-state index contributed by atoms with van der Waals surface area (Å²) in [5.41, 5.74) is 3.52. The van der Waals surface area contributed by atoms with E-state index in [1.165, 1.54) is 0 Å². The van der Waals surface area contributed by atoms with Gasteiger partial charge in [0.25, 0.3) is 5.91 Å². The molecule has 3 aromatic rings. The van der Waals surface area contributed by atoms with Gasteiger partial charge in [-0.2, -0.15) is 4.68 Å². The molecule has 1 atom stereocenters. The molecular weight excluding hydrogens is 424 g/mol. The van der Waals surface area contributed by atoms with Crippen LogP contribution in [0.1, 0.15) is 32.3 Å². The van der Waals surface area contributed by atoms with Crippen molar-refractivity contribution in [2.24, 2.45) is 5.92 Å². The molecule has 0 saturated carbocycles. The zero-order chi connectivity index (χ0) is 24.0. The van der Waals surface area contributed by atoms with Gasteiger partial charge >= 0.3 is 5.69 Å². The average molecular weight is 453 g/mol. The number of hydrogen-bond acceptors (Lipinski definition) is 5. The standard InChI is InChI=1S/C24H28N4O5/c1-16(2)8-13-21(29)27(28-22(30)15-25-24(28)32)20(23(31)26-33)14-17-9-11-19(12-10-17)18-6-4-3-5-7-18/h3-7,9-12,15-16,20,30,33H,8,13-14H2,1-2H3,(H,25,32)(H,26,31)/t20-/m0/s1. The first-order chi connectivity index (χ1) is 15.8. The summed E-state index contributed by atoms with van der Waals surface area (Å²) in [6, 6.07) is 15.9. The van der Waals surface area contributed by atoms with E-state index >= 15 is 0 Å². The van der Waals surface area contributed by atoms with Gasteiger partial charge in [-0.05, 0) is 29.0 Å². The van der Waals surface area contributed by atoms with Crippen molar-refractivity contribution in [2.45, 2.75) is 39.2 Å². The molecule has 2 aromatic carbocycles. The monoisotopic (exact) mass is 452 g/mol. The Morgan fingerprint density at radius 3 is 2.24 bits per heavy atom. The number of hydroxylamine groups is 1. The van der Waals surface area contributed by atoms with Crippen LogP contribution in [0.15, 0.2) is 65.6 Å². The van der Waals surface area contributed by atoms with Gasteiger partial charge in [-0.3, -0.25) is 14.8 Å². The number of benzene rings is 2. The van der Waals surface area contributed by atoms with Crippen LogP contribution in [-0.2, 0) is 16.0 Å². The molecule has 3 rings (SSSR count). The molecule has 1 heterocycles. The fourth-order valence-corrected chi connectivity index (χ4v) is 3.56. The summed E-state index contributed by atoms with van der Waals surface area (Å²) in [5, 5.41) is 20.5. The highest BCUT2D eigenvalue weighted by Crippen LogP contribution is 2.21. The lowest BCUT2D eigenvalue weighted by Gasteiger charge is -2.30. The highest BCUT2D eigenvalue weighted by molar-refractivity contribution is 5.95. The van der Waals surface area contributed by atoms with E-state index in [0.29, 0.717) is 12.0 Å². The number of rotatable bonds is 9. The Hall–Kier alpha value is -3.85. The molecule has 0 fully saturated rings. The first-order valence-corrected chi connectivity index (χ1v) is 10.7. The van der Waals surface area contributed by atoms with Crippen LogP contribution in [0.3, 0.4) is 0 Å². The lowest BCUT2D eigenvalue weighted by Crippen LogP contribution is -2.58. The molecule has 9 nitrogen and oxygen atoms in total. The Balaban J connectivity index is 1.96. The molecule has 0 aliphatic rings. The first kappa shape index (κ1) is 23.8. The zero-order valence-electron chi connectivity index (χ0n) is 18.6. The molecule has 0 aliphatic carbocycles. The minimum absolute atomic E-state index is 0.00589. The van der Waals surface area contributed by atoms with E-state index in [-0.39, 0.29) is 18.8 Å². The summed E-state index contributed by atoms with van der Waals surface area (Å²) < 4.78 is 0.723. The van der Waals surface area contributed by atoms with Gasteiger partial charge in [0.2, 0.25) is 11.8 Å². The van der Waals surface area contributed by atoms with Crippen LogP contribution in [0, 0.1) is 5.92 Å². The van der Waals surface area contributed by atoms with Crippen molar-refractivity contribution in [3.8, 4) is 17.0 Å². The SMILES string of the molecule is CC(C)CCC(=O)N([C@@H](Cc1ccc(-c2ccccc2)cc1)C(=O)NO)n1c(O)c[nH]c1=O. The Morgan fingerprint density at radius 1 is 1.06 bits per heavy atom. The molecule has 2 amide bonds. The number of H-pyrrole nitrogens is 1. The van der Waals surface area contributed by atoms with Crippen molar-refractivity contribution in [1.29, 1.82) is 0 Å². The number of aromatic nitrogens is 2. The fraction of sp³-hybridized carbons (Fsp3) is 0.292. The molecule has 174 valence electrons. The van der Waals surface area contributed by atoms with E-state index in [9.17, 15) is 24.7 Å². The topological polar surface area (TPSA) is 128 Å². The number of carbonyl (C=O) groups is 2. The molecule has 0 spiro atoms. The number of nitrogens with one attached hydrogen (secondary N) is 2. The first-order valence-electron chi connectivity index (χ1n) is 10.7. The molecular formula is C24H28N4O5. The quantitative estimate of drug-likeness (QED) is 0.293. The number of amides is 2. The predicted molar refractivity (Wildman–Crippen MR) is 123 cm³/mol. The number of imidazole rings is 1. The summed E-state index contributed by atoms with van der Waals surface area (Å²) in [4.78, 5) is 40.4. The second kappa shape index (κ2) is 10.6. The molecule has 33 heavy (non-hydrogen) atoms. The smallest absolute Gasteiger partial charge is 0.347 e. The van der Waals surface area contributed by atoms with Gasteiger partial charge in [0, 0.05) is 12.8 Å². The zero-order valence-corrected chi connectivity index (χ0v) is 18.6. The summed E-state index contributed by atoms with van der Waals surface area (Å²) in [6.45, 7) is 3.90. The highest BCUT2D eigenvalue weighted by atomic mass is 16.5. The number of carbonyl (C=O) groups excluding carboxylic acids is 2. The van der Waals surface area contributed by atoms with Crippen LogP contribution < -0.4 is 16.2 Å². The van der Waals surface area contributed by atoms with Crippen LogP contribution in [0.5, 0.6) is 5.88 Å². The third kappa shape index (κ3) is 5.69. The third-order valence-electron chi connectivity index (χ3n) is 5.34. The van der Waals surface area contributed by atoms with Gasteiger partial charge in [0.05, 0.1) is 6.20 Å². The van der Waals surface area contributed by atoms with Crippen molar-refractivity contribution in [3.05, 3.63) is 76.8 Å². The van der Waals surface area contributed by atoms with E-state index in [2.05, 4.69) is 4.98 Å². The van der Waals surface area contributed by atoms with Crippen LogP contribution in [0.25, 0.3) is 11.1 Å². The molecule has 0 radical (unpaired) electrons. The van der Waals surface area contributed by atoms with Crippen molar-refractivity contribution in [1.82, 2.24) is 15.1 Å². The van der Waals surface area contributed by atoms with Gasteiger partial charge in [-0.1, -0.05) is 68.4 Å². The molecule has 0 aliphatic heterocycles. The van der Waals surface area contributed by atoms with Gasteiger partial charge in [0.1, 0.15) is 6.04 Å². The van der Waals surface area contributed by atoms with Crippen LogP contribution in [-0.4, -0.2) is 37.8 Å². The third-order valence-corrected chi connectivity index (χ3v) is 5.34. The Morgan fingerprint density at radius 2 is 1.70 bits per heavy atom. The van der Waals surface area contributed by atoms with Crippen LogP contribution in [0.2, 0.25) is 0 Å². The normalized spacial score (nSPS) is 11.9. The largest absolute Gasteiger partial charge is 0.492 e. The van der Waals surface area contributed by atoms with Crippen molar-refractivity contribution < 1.29 is 19.9 Å². The van der Waals surface area contributed by atoms with Crippen LogP contribution in [0.4, 0.5) is 0 Å². The number of nitrogens with zero attached hydrogens (tertiary/aromatic N) is 2. The lowest BCUT2D eigenvalue weighted by molar-refractivity contribution is -0.134. The maximum absolute atomic E-state index is 13.1. The molecule has 0 saturated heterocycles. The number of aromatic hydroxyl groups is 1. The predicted octanol–water partition coefficient (Wildman–Crippen LogP) is 2.57. The van der Waals surface area contributed by atoms with E-state index in [1.54, 1.807) is 5.48 Å². The second-order valence-corrected chi connectivity index (χ2v) is 8.19. The molecule has 9 heteroatoms. The maximum Gasteiger partial charge on any atom is 0.347 e. The van der Waals surface area contributed by atoms with Gasteiger partial charge < -0.3 is 10.1 Å². The average Bonchev–Trinajstić information content (AvgIpc) is 3.15. The van der Waals surface area contributed by atoms with Gasteiger partial charge in [-0.15, -0.1) is 0 Å². The van der Waals surface area contributed by atoms with E-state index in [1.807, 2.05) is 68.4 Å². The van der Waals surface area contributed by atoms with E-state index < -0.39 is 29.4 Å². The molecule has 4 N–H and O–H groups in total. The van der Waals surface area contributed by atoms with E-state index in [0.717, 1.165) is 27.0 Å². The van der Waals surface area contributed by atoms with Gasteiger partial charge in [0.15, 0.2) is 0 Å². The van der Waals surface area contributed by atoms with Crippen molar-refractivity contribution in [3.63, 3.8) is 0 Å². The Labute approximate surface area is 191 Å². The molecule has 0 bridgehead atoms. The number of hydrogen-bond donors (Lipinski definition) is 4. The summed E-state index contributed by atoms with van der Waals surface area (Å²) >= 11 is 0.